The van der Waals surface area contributed by atoms with Crippen LogP contribution in [-0.2, 0) is 20.8 Å². The van der Waals surface area contributed by atoms with E-state index in [9.17, 15) is 24.6 Å². The molecule has 0 bridgehead atoms. The molecule has 0 radical (unpaired) electrons. The van der Waals surface area contributed by atoms with Crippen molar-refractivity contribution in [2.24, 2.45) is 0 Å². The van der Waals surface area contributed by atoms with E-state index < -0.39 is 29.9 Å². The fourth-order valence-corrected chi connectivity index (χ4v) is 4.50. The minimum absolute atomic E-state index is 0.0956. The van der Waals surface area contributed by atoms with E-state index in [1.54, 1.807) is 12.1 Å². The van der Waals surface area contributed by atoms with Crippen LogP contribution in [0.2, 0.25) is 0 Å². The number of benzene rings is 1. The van der Waals surface area contributed by atoms with Gasteiger partial charge in [0.25, 0.3) is 0 Å². The van der Waals surface area contributed by atoms with E-state index in [0.29, 0.717) is 5.75 Å². The maximum absolute atomic E-state index is 12.8. The maximum Gasteiger partial charge on any atom is 0.327 e. The summed E-state index contributed by atoms with van der Waals surface area (Å²) in [5, 5.41) is 24.2. The molecule has 0 aromatic heterocycles. The van der Waals surface area contributed by atoms with Crippen LogP contribution in [0.4, 0.5) is 0 Å². The van der Waals surface area contributed by atoms with E-state index in [0.717, 1.165) is 31.2 Å². The van der Waals surface area contributed by atoms with Crippen molar-refractivity contribution in [1.82, 2.24) is 10.6 Å². The highest BCUT2D eigenvalue weighted by Gasteiger charge is 2.26. The van der Waals surface area contributed by atoms with Crippen LogP contribution in [0.25, 0.3) is 0 Å². The van der Waals surface area contributed by atoms with Crippen LogP contribution >= 0.6 is 11.8 Å². The predicted molar refractivity (Wildman–Crippen MR) is 152 cm³/mol. The first-order chi connectivity index (χ1) is 17.5. The first-order valence-electron chi connectivity index (χ1n) is 12.6. The molecule has 4 N–H and O–H groups in total. The summed E-state index contributed by atoms with van der Waals surface area (Å²) >= 11 is 1.44. The lowest BCUT2D eigenvalue weighted by molar-refractivity contribution is -0.141. The minimum atomic E-state index is -1.12. The molecule has 0 spiro atoms. The lowest BCUT2D eigenvalue weighted by atomic mass is 10.0. The Morgan fingerprint density at radius 2 is 1.46 bits per heavy atom. The van der Waals surface area contributed by atoms with Gasteiger partial charge < -0.3 is 20.8 Å². The molecule has 0 heterocycles. The number of carboxylic acids is 1. The van der Waals surface area contributed by atoms with Crippen molar-refractivity contribution in [3.63, 3.8) is 0 Å². The molecule has 0 saturated heterocycles. The zero-order chi connectivity index (χ0) is 27.8. The Bertz CT molecular complexity index is 979. The van der Waals surface area contributed by atoms with Crippen LogP contribution in [-0.4, -0.2) is 51.6 Å². The quantitative estimate of drug-likeness (QED) is 0.173. The highest BCUT2D eigenvalue weighted by molar-refractivity contribution is 7.99. The Morgan fingerprint density at radius 3 is 2.03 bits per heavy atom. The Hall–Kier alpha value is -3.00. The summed E-state index contributed by atoms with van der Waals surface area (Å²) in [5.74, 6) is -1.12. The molecule has 37 heavy (non-hydrogen) atoms. The summed E-state index contributed by atoms with van der Waals surface area (Å²) in [6.07, 6.45) is 10.9. The van der Waals surface area contributed by atoms with Gasteiger partial charge >= 0.3 is 5.97 Å². The average molecular weight is 531 g/mol. The van der Waals surface area contributed by atoms with Crippen LogP contribution in [0.15, 0.2) is 59.2 Å². The molecule has 1 rings (SSSR count). The van der Waals surface area contributed by atoms with E-state index in [-0.39, 0.29) is 17.9 Å². The average Bonchev–Trinajstić information content (AvgIpc) is 2.81. The van der Waals surface area contributed by atoms with Gasteiger partial charge in [0.15, 0.2) is 0 Å². The third-order valence-electron chi connectivity index (χ3n) is 5.64. The van der Waals surface area contributed by atoms with E-state index in [4.69, 9.17) is 0 Å². The molecule has 204 valence electrons. The summed E-state index contributed by atoms with van der Waals surface area (Å²) in [5.41, 5.74) is 4.71. The Morgan fingerprint density at radius 1 is 0.865 bits per heavy atom. The van der Waals surface area contributed by atoms with Gasteiger partial charge in [-0.1, -0.05) is 47.1 Å². The number of hydrogen-bond donors (Lipinski definition) is 4. The van der Waals surface area contributed by atoms with Gasteiger partial charge in [-0.2, -0.15) is 11.8 Å². The molecule has 2 atom stereocenters. The number of hydrogen-bond acceptors (Lipinski definition) is 5. The number of aromatic hydroxyl groups is 1. The standard InChI is InChI=1S/C29H42N2O5S/c1-20(2)8-6-9-21(3)10-7-11-22(4)16-17-37-19-27(29(35)36)31-28(34)26(30-23(5)32)18-24-12-14-25(33)15-13-24/h8,10,12-16,26-27,33H,6-7,9,11,17-19H2,1-5H3,(H,30,32)(H,31,34)(H,35,36)/b21-10+,22-16+/t26-,27-/m0/s1. The molecule has 0 aliphatic carbocycles. The lowest BCUT2D eigenvalue weighted by Gasteiger charge is -2.21. The molecule has 0 aliphatic heterocycles. The van der Waals surface area contributed by atoms with Crippen LogP contribution in [0.5, 0.6) is 5.75 Å². The number of carboxylic acid groups (broad SMARTS) is 1. The molecule has 1 aromatic carbocycles. The highest BCUT2D eigenvalue weighted by Crippen LogP contribution is 2.14. The largest absolute Gasteiger partial charge is 0.508 e. The van der Waals surface area contributed by atoms with Gasteiger partial charge in [0.1, 0.15) is 17.8 Å². The summed E-state index contributed by atoms with van der Waals surface area (Å²) in [7, 11) is 0. The topological polar surface area (TPSA) is 116 Å². The fourth-order valence-electron chi connectivity index (χ4n) is 3.50. The monoisotopic (exact) mass is 530 g/mol. The van der Waals surface area contributed by atoms with Gasteiger partial charge in [-0.15, -0.1) is 0 Å². The maximum atomic E-state index is 12.8. The zero-order valence-electron chi connectivity index (χ0n) is 22.7. The van der Waals surface area contributed by atoms with Crippen LogP contribution in [0.1, 0.15) is 65.9 Å². The number of nitrogens with one attached hydrogen (secondary N) is 2. The van der Waals surface area contributed by atoms with Gasteiger partial charge in [-0.25, -0.2) is 4.79 Å². The fraction of sp³-hybridized carbons (Fsp3) is 0.483. The second-order valence-corrected chi connectivity index (χ2v) is 10.6. The molecular formula is C29H42N2O5S. The number of amides is 2. The van der Waals surface area contributed by atoms with Gasteiger partial charge in [-0.3, -0.25) is 9.59 Å². The molecule has 0 saturated carbocycles. The van der Waals surface area contributed by atoms with Gasteiger partial charge in [0, 0.05) is 24.9 Å². The number of allylic oxidation sites excluding steroid dienone is 5. The van der Waals surface area contributed by atoms with Gasteiger partial charge in [0.2, 0.25) is 11.8 Å². The molecule has 2 amide bonds. The number of rotatable bonds is 16. The first kappa shape index (κ1) is 32.0. The summed E-state index contributed by atoms with van der Waals surface area (Å²) in [6, 6.07) is 4.29. The van der Waals surface area contributed by atoms with Crippen LogP contribution in [0.3, 0.4) is 0 Å². The number of carbonyl (C=O) groups is 3. The molecule has 0 aliphatic rings. The van der Waals surface area contributed by atoms with Crippen molar-refractivity contribution in [1.29, 1.82) is 0 Å². The van der Waals surface area contributed by atoms with Crippen molar-refractivity contribution in [3.8, 4) is 5.75 Å². The van der Waals surface area contributed by atoms with Gasteiger partial charge in [-0.05, 0) is 71.1 Å². The molecular weight excluding hydrogens is 488 g/mol. The first-order valence-corrected chi connectivity index (χ1v) is 13.7. The third-order valence-corrected chi connectivity index (χ3v) is 6.61. The van der Waals surface area contributed by atoms with E-state index in [1.807, 2.05) is 0 Å². The molecule has 0 unspecified atom stereocenters. The summed E-state index contributed by atoms with van der Waals surface area (Å²) in [6.45, 7) is 9.76. The van der Waals surface area contributed by atoms with Gasteiger partial charge in [0.05, 0.1) is 0 Å². The number of carbonyl (C=O) groups excluding carboxylic acids is 2. The lowest BCUT2D eigenvalue weighted by Crippen LogP contribution is -2.52. The molecule has 1 aromatic rings. The van der Waals surface area contributed by atoms with Crippen molar-refractivity contribution < 1.29 is 24.6 Å². The molecule has 0 fully saturated rings. The summed E-state index contributed by atoms with van der Waals surface area (Å²) in [4.78, 5) is 36.2. The highest BCUT2D eigenvalue weighted by atomic mass is 32.2. The Balaban J connectivity index is 2.56. The third kappa shape index (κ3) is 15.0. The Labute approximate surface area is 225 Å². The zero-order valence-corrected chi connectivity index (χ0v) is 23.5. The molecule has 8 heteroatoms. The predicted octanol–water partition coefficient (Wildman–Crippen LogP) is 5.16. The van der Waals surface area contributed by atoms with Crippen molar-refractivity contribution in [2.45, 2.75) is 78.8 Å². The smallest absolute Gasteiger partial charge is 0.327 e. The van der Waals surface area contributed by atoms with Crippen molar-refractivity contribution in [2.75, 3.05) is 11.5 Å². The Kier molecular flexibility index (Phi) is 15.1. The second kappa shape index (κ2) is 17.5. The van der Waals surface area contributed by atoms with Crippen molar-refractivity contribution >= 4 is 29.5 Å². The molecule has 7 nitrogen and oxygen atoms in total. The van der Waals surface area contributed by atoms with Crippen LogP contribution < -0.4 is 10.6 Å². The van der Waals surface area contributed by atoms with Crippen molar-refractivity contribution in [3.05, 3.63) is 64.8 Å². The van der Waals surface area contributed by atoms with Crippen LogP contribution in [0, 0.1) is 0 Å². The minimum Gasteiger partial charge on any atom is -0.508 e. The SMILES string of the molecule is CC(=O)N[C@@H](Cc1ccc(O)cc1)C(=O)N[C@@H](CSC/C=C(\C)CC/C=C(\C)CCC=C(C)C)C(=O)O. The number of thioether (sulfide) groups is 1. The second-order valence-electron chi connectivity index (χ2n) is 9.52. The number of phenols is 1. The number of phenolic OH excluding ortho intramolecular Hbond substituents is 1. The number of aliphatic carboxylic acids is 1. The van der Waals surface area contributed by atoms with E-state index in [1.165, 1.54) is 47.5 Å². The van der Waals surface area contributed by atoms with E-state index in [2.05, 4.69) is 56.6 Å². The van der Waals surface area contributed by atoms with E-state index >= 15 is 0 Å². The normalized spacial score (nSPS) is 13.4. The summed E-state index contributed by atoms with van der Waals surface area (Å²) < 4.78 is 0.